The van der Waals surface area contributed by atoms with Crippen LogP contribution in [0.5, 0.6) is 11.5 Å². The maximum Gasteiger partial charge on any atom is 0.251 e. The fourth-order valence-corrected chi connectivity index (χ4v) is 2.44. The lowest BCUT2D eigenvalue weighted by Crippen LogP contribution is -2.25. The maximum absolute atomic E-state index is 12.0. The molecule has 0 aliphatic rings. The predicted octanol–water partition coefficient (Wildman–Crippen LogP) is 2.55. The number of benzene rings is 2. The Morgan fingerprint density at radius 2 is 1.91 bits per heavy atom. The number of phenols is 2. The molecule has 3 rings (SSSR count). The van der Waals surface area contributed by atoms with Gasteiger partial charge in [0.2, 0.25) is 0 Å². The molecule has 3 aromatic rings. The van der Waals surface area contributed by atoms with E-state index in [0.717, 1.165) is 16.5 Å². The number of carbonyl (C=O) groups excluding carboxylic acids is 1. The Bertz CT molecular complexity index is 824. The molecular weight excluding hydrogens is 280 g/mol. The van der Waals surface area contributed by atoms with Crippen molar-refractivity contribution in [3.05, 3.63) is 59.8 Å². The first-order valence-corrected chi connectivity index (χ1v) is 7.00. The van der Waals surface area contributed by atoms with Crippen LogP contribution >= 0.6 is 0 Å². The average molecular weight is 296 g/mol. The van der Waals surface area contributed by atoms with E-state index < -0.39 is 0 Å². The van der Waals surface area contributed by atoms with Crippen LogP contribution < -0.4 is 5.32 Å². The molecule has 0 bridgehead atoms. The van der Waals surface area contributed by atoms with Gasteiger partial charge in [-0.1, -0.05) is 6.07 Å². The van der Waals surface area contributed by atoms with Gasteiger partial charge in [0.25, 0.3) is 5.91 Å². The summed E-state index contributed by atoms with van der Waals surface area (Å²) in [7, 11) is 0. The number of H-pyrrole nitrogens is 1. The SMILES string of the molecule is O=C(NCCc1c[nH]c2cc(O)ccc12)c1cccc(O)c1. The van der Waals surface area contributed by atoms with Gasteiger partial charge in [-0.05, 0) is 42.3 Å². The normalized spacial score (nSPS) is 10.7. The van der Waals surface area contributed by atoms with E-state index in [1.54, 1.807) is 24.3 Å². The Balaban J connectivity index is 1.64. The molecule has 112 valence electrons. The van der Waals surface area contributed by atoms with E-state index in [2.05, 4.69) is 10.3 Å². The zero-order valence-corrected chi connectivity index (χ0v) is 11.8. The van der Waals surface area contributed by atoms with Crippen LogP contribution in [0.4, 0.5) is 0 Å². The Hall–Kier alpha value is -2.95. The first-order valence-electron chi connectivity index (χ1n) is 7.00. The highest BCUT2D eigenvalue weighted by molar-refractivity contribution is 5.94. The third-order valence-corrected chi connectivity index (χ3v) is 3.54. The third kappa shape index (κ3) is 2.88. The summed E-state index contributed by atoms with van der Waals surface area (Å²) >= 11 is 0. The molecule has 22 heavy (non-hydrogen) atoms. The van der Waals surface area contributed by atoms with Crippen molar-refractivity contribution in [3.63, 3.8) is 0 Å². The number of hydrogen-bond acceptors (Lipinski definition) is 3. The summed E-state index contributed by atoms with van der Waals surface area (Å²) in [6, 6.07) is 11.4. The van der Waals surface area contributed by atoms with Crippen molar-refractivity contribution in [2.45, 2.75) is 6.42 Å². The second-order valence-corrected chi connectivity index (χ2v) is 5.10. The van der Waals surface area contributed by atoms with E-state index in [1.165, 1.54) is 12.1 Å². The summed E-state index contributed by atoms with van der Waals surface area (Å²) in [6.45, 7) is 0.488. The zero-order chi connectivity index (χ0) is 15.5. The number of hydrogen-bond donors (Lipinski definition) is 4. The summed E-state index contributed by atoms with van der Waals surface area (Å²) in [5.41, 5.74) is 2.38. The van der Waals surface area contributed by atoms with Crippen LogP contribution in [0, 0.1) is 0 Å². The number of fused-ring (bicyclic) bond motifs is 1. The minimum atomic E-state index is -0.214. The summed E-state index contributed by atoms with van der Waals surface area (Å²) in [5, 5.41) is 22.7. The quantitative estimate of drug-likeness (QED) is 0.597. The highest BCUT2D eigenvalue weighted by atomic mass is 16.3. The Morgan fingerprint density at radius 3 is 2.73 bits per heavy atom. The van der Waals surface area contributed by atoms with Gasteiger partial charge >= 0.3 is 0 Å². The molecule has 0 saturated carbocycles. The van der Waals surface area contributed by atoms with Gasteiger partial charge in [-0.2, -0.15) is 0 Å². The highest BCUT2D eigenvalue weighted by Crippen LogP contribution is 2.22. The van der Waals surface area contributed by atoms with Crippen LogP contribution in [0.1, 0.15) is 15.9 Å². The molecule has 0 spiro atoms. The molecule has 0 aliphatic heterocycles. The number of rotatable bonds is 4. The predicted molar refractivity (Wildman–Crippen MR) is 84.1 cm³/mol. The average Bonchev–Trinajstić information content (AvgIpc) is 2.89. The first-order chi connectivity index (χ1) is 10.6. The summed E-state index contributed by atoms with van der Waals surface area (Å²) < 4.78 is 0. The molecule has 0 radical (unpaired) electrons. The van der Waals surface area contributed by atoms with Gasteiger partial charge in [0, 0.05) is 35.3 Å². The number of aromatic amines is 1. The lowest BCUT2D eigenvalue weighted by Gasteiger charge is -2.05. The number of phenolic OH excluding ortho intramolecular Hbond substituents is 2. The van der Waals surface area contributed by atoms with Crippen molar-refractivity contribution in [2.24, 2.45) is 0 Å². The summed E-state index contributed by atoms with van der Waals surface area (Å²) in [5.74, 6) is 0.0792. The number of aromatic hydroxyl groups is 2. The molecule has 5 heteroatoms. The van der Waals surface area contributed by atoms with Crippen molar-refractivity contribution in [3.8, 4) is 11.5 Å². The fourth-order valence-electron chi connectivity index (χ4n) is 2.44. The van der Waals surface area contributed by atoms with Crippen molar-refractivity contribution in [1.82, 2.24) is 10.3 Å². The molecule has 0 atom stereocenters. The molecular formula is C17H16N2O3. The third-order valence-electron chi connectivity index (χ3n) is 3.54. The van der Waals surface area contributed by atoms with E-state index in [4.69, 9.17) is 0 Å². The lowest BCUT2D eigenvalue weighted by molar-refractivity contribution is 0.0953. The Kier molecular flexibility index (Phi) is 3.70. The maximum atomic E-state index is 12.0. The highest BCUT2D eigenvalue weighted by Gasteiger charge is 2.07. The molecule has 0 fully saturated rings. The molecule has 5 nitrogen and oxygen atoms in total. The number of nitrogens with one attached hydrogen (secondary N) is 2. The fraction of sp³-hybridized carbons (Fsp3) is 0.118. The lowest BCUT2D eigenvalue weighted by atomic mass is 10.1. The zero-order valence-electron chi connectivity index (χ0n) is 11.8. The van der Waals surface area contributed by atoms with E-state index in [9.17, 15) is 15.0 Å². The minimum Gasteiger partial charge on any atom is -0.508 e. The van der Waals surface area contributed by atoms with Gasteiger partial charge in [0.05, 0.1) is 0 Å². The molecule has 0 aliphatic carbocycles. The summed E-state index contributed by atoms with van der Waals surface area (Å²) in [4.78, 5) is 15.1. The van der Waals surface area contributed by atoms with E-state index in [1.807, 2.05) is 12.3 Å². The second-order valence-electron chi connectivity index (χ2n) is 5.10. The standard InChI is InChI=1S/C17H16N2O3/c20-13-3-1-2-11(8-13)17(22)18-7-6-12-10-19-16-9-14(21)4-5-15(12)16/h1-5,8-10,19-21H,6-7H2,(H,18,22). The number of aromatic nitrogens is 1. The van der Waals surface area contributed by atoms with Crippen molar-refractivity contribution >= 4 is 16.8 Å². The Labute approximate surface area is 127 Å². The van der Waals surface area contributed by atoms with Gasteiger partial charge in [0.15, 0.2) is 0 Å². The van der Waals surface area contributed by atoms with Gasteiger partial charge in [-0.15, -0.1) is 0 Å². The largest absolute Gasteiger partial charge is 0.508 e. The minimum absolute atomic E-state index is 0.0732. The monoisotopic (exact) mass is 296 g/mol. The van der Waals surface area contributed by atoms with Crippen molar-refractivity contribution < 1.29 is 15.0 Å². The van der Waals surface area contributed by atoms with Gasteiger partial charge in [0.1, 0.15) is 11.5 Å². The molecule has 2 aromatic carbocycles. The molecule has 1 heterocycles. The molecule has 0 saturated heterocycles. The van der Waals surface area contributed by atoms with Crippen LogP contribution in [0.15, 0.2) is 48.7 Å². The van der Waals surface area contributed by atoms with Crippen molar-refractivity contribution in [1.29, 1.82) is 0 Å². The second kappa shape index (κ2) is 5.81. The van der Waals surface area contributed by atoms with Crippen LogP contribution in [0.2, 0.25) is 0 Å². The van der Waals surface area contributed by atoms with E-state index >= 15 is 0 Å². The molecule has 1 aromatic heterocycles. The number of amides is 1. The van der Waals surface area contributed by atoms with E-state index in [0.29, 0.717) is 18.5 Å². The smallest absolute Gasteiger partial charge is 0.251 e. The van der Waals surface area contributed by atoms with Crippen LogP contribution in [0.25, 0.3) is 10.9 Å². The van der Waals surface area contributed by atoms with Gasteiger partial charge in [-0.3, -0.25) is 4.79 Å². The molecule has 1 amide bonds. The van der Waals surface area contributed by atoms with E-state index in [-0.39, 0.29) is 17.4 Å². The van der Waals surface area contributed by atoms with Crippen LogP contribution in [-0.4, -0.2) is 27.6 Å². The van der Waals surface area contributed by atoms with Crippen LogP contribution in [0.3, 0.4) is 0 Å². The first kappa shape index (κ1) is 14.0. The van der Waals surface area contributed by atoms with Crippen molar-refractivity contribution in [2.75, 3.05) is 6.54 Å². The van der Waals surface area contributed by atoms with Crippen LogP contribution in [-0.2, 0) is 6.42 Å². The Morgan fingerprint density at radius 1 is 1.09 bits per heavy atom. The summed E-state index contributed by atoms with van der Waals surface area (Å²) in [6.07, 6.45) is 2.56. The van der Waals surface area contributed by atoms with Gasteiger partial charge < -0.3 is 20.5 Å². The molecule has 4 N–H and O–H groups in total. The topological polar surface area (TPSA) is 85.4 Å². The molecule has 0 unspecified atom stereocenters. The number of carbonyl (C=O) groups is 1. The van der Waals surface area contributed by atoms with Gasteiger partial charge in [-0.25, -0.2) is 0 Å².